The molecule has 1 aromatic carbocycles. The predicted octanol–water partition coefficient (Wildman–Crippen LogP) is 3.43. The average Bonchev–Trinajstić information content (AvgIpc) is 2.94. The molecule has 0 aliphatic heterocycles. The van der Waals surface area contributed by atoms with Crippen molar-refractivity contribution >= 4 is 15.9 Å². The molecule has 0 fully saturated rings. The summed E-state index contributed by atoms with van der Waals surface area (Å²) >= 11 is 3.33. The van der Waals surface area contributed by atoms with Gasteiger partial charge in [0.1, 0.15) is 5.75 Å². The van der Waals surface area contributed by atoms with E-state index in [1.54, 1.807) is 18.3 Å². The Morgan fingerprint density at radius 2 is 2.24 bits per heavy atom. The highest BCUT2D eigenvalue weighted by molar-refractivity contribution is 9.10. The van der Waals surface area contributed by atoms with Gasteiger partial charge in [-0.05, 0) is 37.2 Å². The lowest BCUT2D eigenvalue weighted by atomic mass is 10.2. The van der Waals surface area contributed by atoms with E-state index in [1.165, 1.54) is 6.07 Å². The number of hydrogen-bond donors (Lipinski definition) is 1. The van der Waals surface area contributed by atoms with Crippen LogP contribution in [0.1, 0.15) is 12.0 Å². The molecule has 2 aromatic rings. The van der Waals surface area contributed by atoms with Gasteiger partial charge in [-0.15, -0.1) is 0 Å². The van der Waals surface area contributed by atoms with E-state index in [2.05, 4.69) is 31.1 Å². The van der Waals surface area contributed by atoms with Gasteiger partial charge in [-0.25, -0.2) is 0 Å². The van der Waals surface area contributed by atoms with Crippen molar-refractivity contribution in [2.75, 3.05) is 6.54 Å². The van der Waals surface area contributed by atoms with Crippen molar-refractivity contribution in [3.8, 4) is 5.75 Å². The van der Waals surface area contributed by atoms with Crippen LogP contribution in [0, 0.1) is 0 Å². The van der Waals surface area contributed by atoms with Crippen LogP contribution >= 0.6 is 15.9 Å². The Kier molecular flexibility index (Phi) is 6.13. The van der Waals surface area contributed by atoms with Gasteiger partial charge >= 0.3 is 6.61 Å². The lowest BCUT2D eigenvalue weighted by molar-refractivity contribution is -0.0505. The minimum atomic E-state index is -2.82. The van der Waals surface area contributed by atoms with Gasteiger partial charge in [-0.3, -0.25) is 4.68 Å². The molecule has 7 heteroatoms. The second-order valence-corrected chi connectivity index (χ2v) is 5.35. The van der Waals surface area contributed by atoms with E-state index < -0.39 is 6.61 Å². The summed E-state index contributed by atoms with van der Waals surface area (Å²) in [4.78, 5) is 0. The van der Waals surface area contributed by atoms with Gasteiger partial charge in [0.25, 0.3) is 0 Å². The lowest BCUT2D eigenvalue weighted by Crippen LogP contribution is -2.17. The normalized spacial score (nSPS) is 11.0. The number of ether oxygens (including phenoxy) is 1. The van der Waals surface area contributed by atoms with E-state index >= 15 is 0 Å². The first-order valence-electron chi connectivity index (χ1n) is 6.56. The highest BCUT2D eigenvalue weighted by Gasteiger charge is 2.09. The number of benzene rings is 1. The molecular formula is C14H16BrF2N3O. The lowest BCUT2D eigenvalue weighted by Gasteiger charge is -2.12. The molecule has 0 aliphatic rings. The van der Waals surface area contributed by atoms with Crippen molar-refractivity contribution in [3.05, 3.63) is 46.7 Å². The van der Waals surface area contributed by atoms with Crippen molar-refractivity contribution < 1.29 is 13.5 Å². The smallest absolute Gasteiger partial charge is 0.387 e. The molecule has 0 saturated heterocycles. The molecule has 1 heterocycles. The van der Waals surface area contributed by atoms with Crippen molar-refractivity contribution in [2.24, 2.45) is 0 Å². The molecule has 0 radical (unpaired) electrons. The Morgan fingerprint density at radius 3 is 2.95 bits per heavy atom. The maximum Gasteiger partial charge on any atom is 0.387 e. The number of halogens is 3. The zero-order valence-electron chi connectivity index (χ0n) is 11.3. The molecule has 1 N–H and O–H groups in total. The molecule has 0 saturated carbocycles. The van der Waals surface area contributed by atoms with Crippen LogP contribution in [0.15, 0.2) is 41.1 Å². The summed E-state index contributed by atoms with van der Waals surface area (Å²) in [5.41, 5.74) is 0.698. The number of hydrogen-bond acceptors (Lipinski definition) is 3. The summed E-state index contributed by atoms with van der Waals surface area (Å²) < 4.78 is 31.9. The molecule has 0 atom stereocenters. The Morgan fingerprint density at radius 1 is 1.38 bits per heavy atom. The number of rotatable bonds is 8. The first-order valence-corrected chi connectivity index (χ1v) is 7.36. The average molecular weight is 360 g/mol. The van der Waals surface area contributed by atoms with E-state index in [0.717, 1.165) is 24.0 Å². The van der Waals surface area contributed by atoms with Crippen LogP contribution in [0.5, 0.6) is 5.75 Å². The fourth-order valence-electron chi connectivity index (χ4n) is 1.92. The maximum atomic E-state index is 12.3. The Bertz CT molecular complexity index is 549. The minimum Gasteiger partial charge on any atom is -0.434 e. The molecule has 0 bridgehead atoms. The van der Waals surface area contributed by atoms with Gasteiger partial charge in [0.15, 0.2) is 0 Å². The van der Waals surface area contributed by atoms with Crippen LogP contribution in [-0.2, 0) is 13.1 Å². The Balaban J connectivity index is 1.80. The third-order valence-electron chi connectivity index (χ3n) is 2.85. The standard InChI is InChI=1S/C14H16BrF2N3O/c15-12-3-4-13(21-14(16)17)11(9-12)10-18-5-1-7-20-8-2-6-19-20/h2-4,6,8-9,14,18H,1,5,7,10H2. The number of nitrogens with one attached hydrogen (secondary N) is 1. The van der Waals surface area contributed by atoms with Crippen LogP contribution in [0.3, 0.4) is 0 Å². The van der Waals surface area contributed by atoms with Gasteiger partial charge in [0.05, 0.1) is 0 Å². The minimum absolute atomic E-state index is 0.202. The summed E-state index contributed by atoms with van der Waals surface area (Å²) in [5, 5.41) is 7.33. The third kappa shape index (κ3) is 5.43. The fourth-order valence-corrected chi connectivity index (χ4v) is 2.33. The van der Waals surface area contributed by atoms with Crippen molar-refractivity contribution in [1.82, 2.24) is 15.1 Å². The summed E-state index contributed by atoms with van der Waals surface area (Å²) in [6, 6.07) is 6.87. The van der Waals surface area contributed by atoms with E-state index in [9.17, 15) is 8.78 Å². The summed E-state index contributed by atoms with van der Waals surface area (Å²) in [6.45, 7) is -0.760. The van der Waals surface area contributed by atoms with Crippen molar-refractivity contribution in [2.45, 2.75) is 26.1 Å². The number of alkyl halides is 2. The van der Waals surface area contributed by atoms with Crippen LogP contribution in [0.4, 0.5) is 8.78 Å². The highest BCUT2D eigenvalue weighted by Crippen LogP contribution is 2.24. The van der Waals surface area contributed by atoms with Gasteiger partial charge < -0.3 is 10.1 Å². The third-order valence-corrected chi connectivity index (χ3v) is 3.35. The fraction of sp³-hybridized carbons (Fsp3) is 0.357. The molecule has 0 spiro atoms. The molecule has 1 aromatic heterocycles. The maximum absolute atomic E-state index is 12.3. The second-order valence-electron chi connectivity index (χ2n) is 4.43. The zero-order chi connectivity index (χ0) is 15.1. The van der Waals surface area contributed by atoms with E-state index in [1.807, 2.05) is 16.9 Å². The largest absolute Gasteiger partial charge is 0.434 e. The number of aryl methyl sites for hydroxylation is 1. The second kappa shape index (κ2) is 8.09. The van der Waals surface area contributed by atoms with E-state index in [4.69, 9.17) is 0 Å². The summed E-state index contributed by atoms with van der Waals surface area (Å²) in [6.07, 6.45) is 4.55. The molecule has 4 nitrogen and oxygen atoms in total. The zero-order valence-corrected chi connectivity index (χ0v) is 12.9. The monoisotopic (exact) mass is 359 g/mol. The SMILES string of the molecule is FC(F)Oc1ccc(Br)cc1CNCCCn1cccn1. The predicted molar refractivity (Wildman–Crippen MR) is 79.3 cm³/mol. The van der Waals surface area contributed by atoms with Crippen molar-refractivity contribution in [3.63, 3.8) is 0 Å². The molecule has 114 valence electrons. The van der Waals surface area contributed by atoms with Gasteiger partial charge in [-0.2, -0.15) is 13.9 Å². The number of aromatic nitrogens is 2. The topological polar surface area (TPSA) is 39.1 Å². The first kappa shape index (κ1) is 15.9. The summed E-state index contributed by atoms with van der Waals surface area (Å²) in [7, 11) is 0. The highest BCUT2D eigenvalue weighted by atomic mass is 79.9. The quantitative estimate of drug-likeness (QED) is 0.734. The first-order chi connectivity index (χ1) is 10.1. The molecular weight excluding hydrogens is 344 g/mol. The summed E-state index contributed by atoms with van der Waals surface area (Å²) in [5.74, 6) is 0.202. The molecule has 0 aliphatic carbocycles. The molecule has 2 rings (SSSR count). The van der Waals surface area contributed by atoms with Gasteiger partial charge in [0.2, 0.25) is 0 Å². The van der Waals surface area contributed by atoms with Crippen molar-refractivity contribution in [1.29, 1.82) is 0 Å². The Labute approximate surface area is 130 Å². The van der Waals surface area contributed by atoms with Gasteiger partial charge in [-0.1, -0.05) is 15.9 Å². The van der Waals surface area contributed by atoms with Crippen LogP contribution in [0.2, 0.25) is 0 Å². The van der Waals surface area contributed by atoms with Gasteiger partial charge in [0, 0.05) is 35.5 Å². The molecule has 0 amide bonds. The van der Waals surface area contributed by atoms with E-state index in [0.29, 0.717) is 12.1 Å². The van der Waals surface area contributed by atoms with Crippen LogP contribution < -0.4 is 10.1 Å². The molecule has 0 unspecified atom stereocenters. The van der Waals surface area contributed by atoms with Crippen LogP contribution in [0.25, 0.3) is 0 Å². The number of nitrogens with zero attached hydrogens (tertiary/aromatic N) is 2. The van der Waals surface area contributed by atoms with E-state index in [-0.39, 0.29) is 5.75 Å². The van der Waals surface area contributed by atoms with Crippen LogP contribution in [-0.4, -0.2) is 22.9 Å². The molecule has 21 heavy (non-hydrogen) atoms. The Hall–Kier alpha value is -1.47.